The van der Waals surface area contributed by atoms with Gasteiger partial charge in [0.2, 0.25) is 6.04 Å². The summed E-state index contributed by atoms with van der Waals surface area (Å²) in [6.45, 7) is 13.2. The molecule has 5 heteroatoms. The Labute approximate surface area is 228 Å². The van der Waals surface area contributed by atoms with Crippen LogP contribution in [0.2, 0.25) is 0 Å². The van der Waals surface area contributed by atoms with Crippen LogP contribution in [0, 0.1) is 23.7 Å². The number of aromatic nitrogens is 2. The Bertz CT molecular complexity index is 1250. The molecule has 0 amide bonds. The van der Waals surface area contributed by atoms with Gasteiger partial charge in [0.25, 0.3) is 5.82 Å². The first-order valence-corrected chi connectivity index (χ1v) is 14.9. The van der Waals surface area contributed by atoms with Crippen LogP contribution in [0.25, 0.3) is 22.4 Å². The number of carbonyl (C=O) groups excluding carboxylic acids is 1. The van der Waals surface area contributed by atoms with E-state index in [1.54, 1.807) is 0 Å². The van der Waals surface area contributed by atoms with Gasteiger partial charge in [0, 0.05) is 24.7 Å². The van der Waals surface area contributed by atoms with E-state index in [1.165, 1.54) is 12.1 Å². The standard InChI is InChI=1S/C33H46N3O2/c1-7-35(8-2)26-18-16-25(17-19-26)32-34(6)28-11-9-10-12-29(28)36(32)31(24-14-15-24)33(37)38-30-21-23(5)13-20-27(30)22(3)4/h9-12,16-19,22-24,27,30-31H,7-8,13-15,20-21H2,1-6H3/q+1/t23-,27+,30-,31-/m1/s1. The molecule has 0 bridgehead atoms. The van der Waals surface area contributed by atoms with E-state index in [1.807, 2.05) is 0 Å². The van der Waals surface area contributed by atoms with Crippen LogP contribution in [-0.4, -0.2) is 29.7 Å². The van der Waals surface area contributed by atoms with E-state index < -0.39 is 0 Å². The van der Waals surface area contributed by atoms with Crippen molar-refractivity contribution in [3.63, 3.8) is 0 Å². The Kier molecular flexibility index (Phi) is 7.83. The van der Waals surface area contributed by atoms with Crippen LogP contribution in [0.15, 0.2) is 48.5 Å². The van der Waals surface area contributed by atoms with Crippen LogP contribution in [0.1, 0.15) is 72.8 Å². The van der Waals surface area contributed by atoms with Crippen molar-refractivity contribution in [3.8, 4) is 11.4 Å². The van der Waals surface area contributed by atoms with E-state index >= 15 is 0 Å². The molecule has 0 radical (unpaired) electrons. The number of carbonyl (C=O) groups is 1. The van der Waals surface area contributed by atoms with Crippen molar-refractivity contribution >= 4 is 22.7 Å². The molecule has 0 spiro atoms. The number of imidazole rings is 1. The number of benzene rings is 2. The number of esters is 1. The number of ether oxygens (including phenoxy) is 1. The number of hydrogen-bond donors (Lipinski definition) is 0. The second-order valence-electron chi connectivity index (χ2n) is 12.0. The van der Waals surface area contributed by atoms with Gasteiger partial charge in [0.05, 0.1) is 12.6 Å². The zero-order valence-corrected chi connectivity index (χ0v) is 24.2. The predicted octanol–water partition coefficient (Wildman–Crippen LogP) is 6.93. The Balaban J connectivity index is 1.56. The quantitative estimate of drug-likeness (QED) is 0.229. The molecule has 4 atom stereocenters. The average molecular weight is 517 g/mol. The fourth-order valence-corrected chi connectivity index (χ4v) is 6.76. The minimum Gasteiger partial charge on any atom is -0.459 e. The lowest BCUT2D eigenvalue weighted by Gasteiger charge is -2.37. The first-order chi connectivity index (χ1) is 18.3. The highest BCUT2D eigenvalue weighted by molar-refractivity contribution is 5.83. The van der Waals surface area contributed by atoms with Gasteiger partial charge in [-0.05, 0) is 93.7 Å². The van der Waals surface area contributed by atoms with Gasteiger partial charge >= 0.3 is 5.97 Å². The predicted molar refractivity (Wildman–Crippen MR) is 155 cm³/mol. The number of rotatable bonds is 9. The van der Waals surface area contributed by atoms with Crippen LogP contribution in [-0.2, 0) is 16.6 Å². The molecular weight excluding hydrogens is 470 g/mol. The molecule has 5 rings (SSSR count). The van der Waals surface area contributed by atoms with Crippen molar-refractivity contribution in [1.29, 1.82) is 0 Å². The Morgan fingerprint density at radius 3 is 2.34 bits per heavy atom. The summed E-state index contributed by atoms with van der Waals surface area (Å²) in [5, 5.41) is 0. The zero-order chi connectivity index (χ0) is 27.0. The Morgan fingerprint density at radius 2 is 1.71 bits per heavy atom. The molecule has 3 aromatic rings. The van der Waals surface area contributed by atoms with Crippen LogP contribution in [0.3, 0.4) is 0 Å². The van der Waals surface area contributed by atoms with Gasteiger partial charge in [-0.3, -0.25) is 0 Å². The van der Waals surface area contributed by atoms with Crippen LogP contribution in [0.4, 0.5) is 5.69 Å². The van der Waals surface area contributed by atoms with Crippen LogP contribution in [0.5, 0.6) is 0 Å². The summed E-state index contributed by atoms with van der Waals surface area (Å²) in [6.07, 6.45) is 5.52. The highest BCUT2D eigenvalue weighted by atomic mass is 16.5. The molecule has 1 heterocycles. The average Bonchev–Trinajstić information content (AvgIpc) is 3.70. The first-order valence-electron chi connectivity index (χ1n) is 14.9. The van der Waals surface area contributed by atoms with Gasteiger partial charge < -0.3 is 9.64 Å². The number of anilines is 1. The summed E-state index contributed by atoms with van der Waals surface area (Å²) in [5.74, 6) is 2.92. The molecular formula is C33H46N3O2+. The molecule has 0 saturated heterocycles. The third kappa shape index (κ3) is 5.09. The van der Waals surface area contributed by atoms with Gasteiger partial charge in [-0.25, -0.2) is 13.9 Å². The summed E-state index contributed by atoms with van der Waals surface area (Å²) >= 11 is 0. The molecule has 2 fully saturated rings. The van der Waals surface area contributed by atoms with Crippen molar-refractivity contribution in [2.75, 3.05) is 18.0 Å². The minimum atomic E-state index is -0.302. The molecule has 1 aromatic heterocycles. The van der Waals surface area contributed by atoms with E-state index in [0.29, 0.717) is 23.7 Å². The Morgan fingerprint density at radius 1 is 1.03 bits per heavy atom. The number of para-hydroxylation sites is 2. The normalized spacial score (nSPS) is 22.6. The lowest BCUT2D eigenvalue weighted by molar-refractivity contribution is -0.634. The molecule has 38 heavy (non-hydrogen) atoms. The molecule has 2 aliphatic rings. The largest absolute Gasteiger partial charge is 0.459 e. The third-order valence-electron chi connectivity index (χ3n) is 9.12. The highest BCUT2D eigenvalue weighted by Gasteiger charge is 2.47. The van der Waals surface area contributed by atoms with E-state index in [-0.39, 0.29) is 18.1 Å². The highest BCUT2D eigenvalue weighted by Crippen LogP contribution is 2.45. The van der Waals surface area contributed by atoms with Crippen molar-refractivity contribution in [2.24, 2.45) is 30.7 Å². The maximum Gasteiger partial charge on any atom is 0.352 e. The second-order valence-corrected chi connectivity index (χ2v) is 12.0. The molecule has 2 saturated carbocycles. The van der Waals surface area contributed by atoms with Crippen molar-refractivity contribution in [1.82, 2.24) is 4.57 Å². The Hall–Kier alpha value is -2.82. The minimum absolute atomic E-state index is 0.0138. The molecule has 2 aromatic carbocycles. The fourth-order valence-electron chi connectivity index (χ4n) is 6.76. The topological polar surface area (TPSA) is 38.4 Å². The molecule has 5 nitrogen and oxygen atoms in total. The molecule has 0 N–H and O–H groups in total. The first kappa shape index (κ1) is 26.8. The van der Waals surface area contributed by atoms with Crippen molar-refractivity contribution in [2.45, 2.75) is 78.9 Å². The molecule has 0 aliphatic heterocycles. The zero-order valence-electron chi connectivity index (χ0n) is 24.2. The molecule has 0 unspecified atom stereocenters. The number of hydrogen-bond acceptors (Lipinski definition) is 3. The second kappa shape index (κ2) is 11.1. The maximum absolute atomic E-state index is 14.2. The summed E-state index contributed by atoms with van der Waals surface area (Å²) in [7, 11) is 2.12. The van der Waals surface area contributed by atoms with Crippen LogP contribution >= 0.6 is 0 Å². The van der Waals surface area contributed by atoms with E-state index in [9.17, 15) is 4.79 Å². The summed E-state index contributed by atoms with van der Waals surface area (Å²) < 4.78 is 11.1. The smallest absolute Gasteiger partial charge is 0.352 e. The van der Waals surface area contributed by atoms with Gasteiger partial charge in [-0.15, -0.1) is 0 Å². The van der Waals surface area contributed by atoms with E-state index in [4.69, 9.17) is 4.74 Å². The summed E-state index contributed by atoms with van der Waals surface area (Å²) in [6, 6.07) is 17.0. The monoisotopic (exact) mass is 516 g/mol. The van der Waals surface area contributed by atoms with Gasteiger partial charge in [-0.2, -0.15) is 0 Å². The number of nitrogens with zero attached hydrogens (tertiary/aromatic N) is 3. The number of aryl methyl sites for hydroxylation is 1. The van der Waals surface area contributed by atoms with Crippen molar-refractivity contribution < 1.29 is 14.1 Å². The fraction of sp³-hybridized carbons (Fsp3) is 0.576. The summed E-state index contributed by atoms with van der Waals surface area (Å²) in [4.78, 5) is 16.5. The van der Waals surface area contributed by atoms with E-state index in [0.717, 1.165) is 61.2 Å². The maximum atomic E-state index is 14.2. The molecule has 204 valence electrons. The van der Waals surface area contributed by atoms with Crippen LogP contribution < -0.4 is 9.47 Å². The van der Waals surface area contributed by atoms with E-state index in [2.05, 4.69) is 104 Å². The van der Waals surface area contributed by atoms with Gasteiger partial charge in [-0.1, -0.05) is 39.3 Å². The molecule has 2 aliphatic carbocycles. The number of fused-ring (bicyclic) bond motifs is 1. The third-order valence-corrected chi connectivity index (χ3v) is 9.12. The summed E-state index contributed by atoms with van der Waals surface area (Å²) in [5.41, 5.74) is 4.60. The van der Waals surface area contributed by atoms with Crippen molar-refractivity contribution in [3.05, 3.63) is 48.5 Å². The van der Waals surface area contributed by atoms with Gasteiger partial charge in [0.1, 0.15) is 6.10 Å². The lowest BCUT2D eigenvalue weighted by atomic mass is 9.75. The van der Waals surface area contributed by atoms with Gasteiger partial charge in [0.15, 0.2) is 11.0 Å². The SMILES string of the molecule is CCN(CC)c1ccc(-c2n([C@@H](C(=O)O[C@@H]3C[C@H](C)CC[C@H]3C(C)C)C3CC3)c3ccccc3[n+]2C)cc1. The lowest BCUT2D eigenvalue weighted by Crippen LogP contribution is -2.39.